The van der Waals surface area contributed by atoms with E-state index in [4.69, 9.17) is 9.47 Å². The van der Waals surface area contributed by atoms with E-state index in [0.29, 0.717) is 18.6 Å². The summed E-state index contributed by atoms with van der Waals surface area (Å²) in [5, 5.41) is 0. The normalized spacial score (nSPS) is 22.0. The quantitative estimate of drug-likeness (QED) is 0.624. The van der Waals surface area contributed by atoms with Gasteiger partial charge in [0.05, 0.1) is 12.7 Å². The number of ether oxygens (including phenoxy) is 2. The second kappa shape index (κ2) is 10.4. The number of hydrogen-bond acceptors (Lipinski definition) is 6. The molecule has 0 bridgehead atoms. The van der Waals surface area contributed by atoms with Gasteiger partial charge in [-0.1, -0.05) is 0 Å². The minimum Gasteiger partial charge on any atom is -0.478 e. The predicted octanol–water partition coefficient (Wildman–Crippen LogP) is 2.57. The number of nitrogens with zero attached hydrogens (tertiary/aromatic N) is 4. The Bertz CT molecular complexity index is 485. The Morgan fingerprint density at radius 3 is 2.96 bits per heavy atom. The van der Waals surface area contributed by atoms with Gasteiger partial charge in [0, 0.05) is 45.0 Å². The van der Waals surface area contributed by atoms with Gasteiger partial charge >= 0.3 is 0 Å². The van der Waals surface area contributed by atoms with E-state index < -0.39 is 0 Å². The van der Waals surface area contributed by atoms with E-state index >= 15 is 0 Å². The lowest BCUT2D eigenvalue weighted by atomic mass is 10.2. The molecule has 1 unspecified atom stereocenters. The monoisotopic (exact) mass is 448 g/mol. The van der Waals surface area contributed by atoms with Crippen LogP contribution in [-0.2, 0) is 4.74 Å². The zero-order valence-electron chi connectivity index (χ0n) is 14.5. The van der Waals surface area contributed by atoms with Crippen molar-refractivity contribution in [2.75, 3.05) is 50.8 Å². The van der Waals surface area contributed by atoms with Crippen molar-refractivity contribution in [3.05, 3.63) is 12.3 Å². The van der Waals surface area contributed by atoms with Gasteiger partial charge in [0.15, 0.2) is 0 Å². The van der Waals surface area contributed by atoms with E-state index in [1.165, 1.54) is 12.8 Å². The van der Waals surface area contributed by atoms with Crippen molar-refractivity contribution in [2.45, 2.75) is 38.7 Å². The van der Waals surface area contributed by atoms with Crippen LogP contribution < -0.4 is 9.64 Å². The van der Waals surface area contributed by atoms with Crippen molar-refractivity contribution in [2.24, 2.45) is 0 Å². The summed E-state index contributed by atoms with van der Waals surface area (Å²) in [6.45, 7) is 8.88. The molecule has 0 N–H and O–H groups in total. The molecule has 0 saturated carbocycles. The standard InChI is InChI=1S/C17H28N4O2.HI/c1-2-22-16-6-8-18-17(19-16)21-10-4-9-20(12-13-21)11-7-15-5-3-14-23-15;/h6,8,15H,2-5,7,9-14H2,1H3;1H. The van der Waals surface area contributed by atoms with Crippen LogP contribution in [-0.4, -0.2) is 66.9 Å². The van der Waals surface area contributed by atoms with Crippen molar-refractivity contribution < 1.29 is 9.47 Å². The van der Waals surface area contributed by atoms with Crippen LogP contribution in [0.5, 0.6) is 5.88 Å². The van der Waals surface area contributed by atoms with Crippen LogP contribution in [0.2, 0.25) is 0 Å². The molecule has 0 spiro atoms. The molecule has 136 valence electrons. The fourth-order valence-electron chi connectivity index (χ4n) is 3.31. The molecular weight excluding hydrogens is 419 g/mol. The first-order valence-electron chi connectivity index (χ1n) is 8.90. The average Bonchev–Trinajstić information content (AvgIpc) is 2.98. The summed E-state index contributed by atoms with van der Waals surface area (Å²) in [6, 6.07) is 1.82. The molecule has 3 rings (SSSR count). The van der Waals surface area contributed by atoms with Crippen LogP contribution in [0.3, 0.4) is 0 Å². The van der Waals surface area contributed by atoms with Gasteiger partial charge in [-0.25, -0.2) is 4.98 Å². The molecule has 0 aliphatic carbocycles. The molecule has 2 fully saturated rings. The van der Waals surface area contributed by atoms with Crippen LogP contribution in [0.4, 0.5) is 5.95 Å². The van der Waals surface area contributed by atoms with Gasteiger partial charge in [-0.2, -0.15) is 4.98 Å². The van der Waals surface area contributed by atoms with Crippen molar-refractivity contribution >= 4 is 29.9 Å². The van der Waals surface area contributed by atoms with Crippen LogP contribution in [0.25, 0.3) is 0 Å². The summed E-state index contributed by atoms with van der Waals surface area (Å²) >= 11 is 0. The number of halogens is 1. The third-order valence-corrected chi connectivity index (χ3v) is 4.57. The Morgan fingerprint density at radius 1 is 1.25 bits per heavy atom. The summed E-state index contributed by atoms with van der Waals surface area (Å²) in [5.74, 6) is 1.45. The summed E-state index contributed by atoms with van der Waals surface area (Å²) in [4.78, 5) is 13.8. The molecule has 0 amide bonds. The maximum atomic E-state index is 5.73. The molecule has 1 atom stereocenters. The fourth-order valence-corrected chi connectivity index (χ4v) is 3.31. The van der Waals surface area contributed by atoms with Crippen molar-refractivity contribution in [3.8, 4) is 5.88 Å². The first-order valence-corrected chi connectivity index (χ1v) is 8.90. The fraction of sp³-hybridized carbons (Fsp3) is 0.765. The number of rotatable bonds is 6. The first-order chi connectivity index (χ1) is 11.3. The first kappa shape index (κ1) is 19.7. The number of anilines is 1. The summed E-state index contributed by atoms with van der Waals surface area (Å²) in [6.07, 6.45) is 7.04. The van der Waals surface area contributed by atoms with E-state index in [1.807, 2.05) is 13.0 Å². The average molecular weight is 448 g/mol. The smallest absolute Gasteiger partial charge is 0.228 e. The highest BCUT2D eigenvalue weighted by Crippen LogP contribution is 2.18. The third kappa shape index (κ3) is 5.70. The molecule has 2 aliphatic rings. The maximum absolute atomic E-state index is 5.73. The van der Waals surface area contributed by atoms with E-state index in [1.54, 1.807) is 6.20 Å². The molecular formula is C17H29IN4O2. The van der Waals surface area contributed by atoms with Crippen molar-refractivity contribution in [1.82, 2.24) is 14.9 Å². The predicted molar refractivity (Wildman–Crippen MR) is 105 cm³/mol. The van der Waals surface area contributed by atoms with Gasteiger partial charge in [-0.05, 0) is 39.2 Å². The summed E-state index contributed by atoms with van der Waals surface area (Å²) in [7, 11) is 0. The van der Waals surface area contributed by atoms with Gasteiger partial charge in [0.1, 0.15) is 0 Å². The van der Waals surface area contributed by atoms with Gasteiger partial charge in [-0.15, -0.1) is 24.0 Å². The van der Waals surface area contributed by atoms with Crippen molar-refractivity contribution in [1.29, 1.82) is 0 Å². The highest BCUT2D eigenvalue weighted by atomic mass is 127. The maximum Gasteiger partial charge on any atom is 0.228 e. The molecule has 0 aromatic carbocycles. The van der Waals surface area contributed by atoms with E-state index in [2.05, 4.69) is 19.8 Å². The summed E-state index contributed by atoms with van der Waals surface area (Å²) in [5.41, 5.74) is 0. The lowest BCUT2D eigenvalue weighted by Crippen LogP contribution is -2.33. The van der Waals surface area contributed by atoms with E-state index in [9.17, 15) is 0 Å². The number of aromatic nitrogens is 2. The Hall–Kier alpha value is -0.670. The van der Waals surface area contributed by atoms with Gasteiger partial charge in [0.2, 0.25) is 11.8 Å². The molecule has 3 heterocycles. The Balaban J connectivity index is 0.00000208. The van der Waals surface area contributed by atoms with Crippen LogP contribution in [0.15, 0.2) is 12.3 Å². The van der Waals surface area contributed by atoms with Gasteiger partial charge in [0.25, 0.3) is 0 Å². The highest BCUT2D eigenvalue weighted by molar-refractivity contribution is 14.0. The van der Waals surface area contributed by atoms with Crippen LogP contribution in [0.1, 0.15) is 32.6 Å². The second-order valence-corrected chi connectivity index (χ2v) is 6.23. The van der Waals surface area contributed by atoms with E-state index in [0.717, 1.165) is 58.1 Å². The topological polar surface area (TPSA) is 50.7 Å². The minimum absolute atomic E-state index is 0. The molecule has 24 heavy (non-hydrogen) atoms. The van der Waals surface area contributed by atoms with Crippen LogP contribution in [0, 0.1) is 0 Å². The van der Waals surface area contributed by atoms with Crippen LogP contribution >= 0.6 is 24.0 Å². The Kier molecular flexibility index (Phi) is 8.48. The molecule has 1 aromatic heterocycles. The Labute approximate surface area is 161 Å². The molecule has 2 aliphatic heterocycles. The SMILES string of the molecule is CCOc1ccnc(N2CCCN(CCC3CCCO3)CC2)n1.I. The van der Waals surface area contributed by atoms with Gasteiger partial charge in [-0.3, -0.25) is 0 Å². The highest BCUT2D eigenvalue weighted by Gasteiger charge is 2.20. The van der Waals surface area contributed by atoms with Gasteiger partial charge < -0.3 is 19.3 Å². The molecule has 0 radical (unpaired) electrons. The molecule has 6 nitrogen and oxygen atoms in total. The second-order valence-electron chi connectivity index (χ2n) is 6.23. The lowest BCUT2D eigenvalue weighted by Gasteiger charge is -2.23. The zero-order chi connectivity index (χ0) is 15.9. The number of hydrogen-bond donors (Lipinski definition) is 0. The third-order valence-electron chi connectivity index (χ3n) is 4.57. The molecule has 2 saturated heterocycles. The largest absolute Gasteiger partial charge is 0.478 e. The Morgan fingerprint density at radius 2 is 2.17 bits per heavy atom. The molecule has 1 aromatic rings. The molecule has 7 heteroatoms. The summed E-state index contributed by atoms with van der Waals surface area (Å²) < 4.78 is 11.2. The van der Waals surface area contributed by atoms with E-state index in [-0.39, 0.29) is 24.0 Å². The minimum atomic E-state index is 0. The zero-order valence-corrected chi connectivity index (χ0v) is 16.9. The lowest BCUT2D eigenvalue weighted by molar-refractivity contribution is 0.0929. The van der Waals surface area contributed by atoms with Crippen molar-refractivity contribution in [3.63, 3.8) is 0 Å².